The van der Waals surface area contributed by atoms with E-state index in [0.717, 1.165) is 17.7 Å². The summed E-state index contributed by atoms with van der Waals surface area (Å²) in [4.78, 5) is 18.7. The molecule has 2 unspecified atom stereocenters. The van der Waals surface area contributed by atoms with E-state index in [1.807, 2.05) is 41.3 Å². The zero-order chi connectivity index (χ0) is 15.5. The molecule has 0 saturated heterocycles. The monoisotopic (exact) mass is 314 g/mol. The van der Waals surface area contributed by atoms with Crippen molar-refractivity contribution in [3.8, 4) is 0 Å². The van der Waals surface area contributed by atoms with Gasteiger partial charge in [0.1, 0.15) is 0 Å². The SMILES string of the molecule is CC1CC1CC(=O)N(Cc1cccnc1)c1ccc(Cl)cc1. The molecular weight excluding hydrogens is 296 g/mol. The van der Waals surface area contributed by atoms with Gasteiger partial charge in [0.25, 0.3) is 0 Å². The minimum Gasteiger partial charge on any atom is -0.308 e. The molecule has 1 heterocycles. The molecule has 1 aromatic carbocycles. The molecule has 2 atom stereocenters. The largest absolute Gasteiger partial charge is 0.308 e. The average Bonchev–Trinajstić information content (AvgIpc) is 3.22. The lowest BCUT2D eigenvalue weighted by Crippen LogP contribution is -2.30. The molecule has 0 radical (unpaired) electrons. The summed E-state index contributed by atoms with van der Waals surface area (Å²) in [5.74, 6) is 1.38. The van der Waals surface area contributed by atoms with E-state index in [2.05, 4.69) is 11.9 Å². The molecule has 1 aromatic heterocycles. The van der Waals surface area contributed by atoms with Gasteiger partial charge in [-0.1, -0.05) is 24.6 Å². The highest BCUT2D eigenvalue weighted by Gasteiger charge is 2.35. The first-order chi connectivity index (χ1) is 10.6. The molecule has 1 aliphatic rings. The van der Waals surface area contributed by atoms with Crippen molar-refractivity contribution in [3.63, 3.8) is 0 Å². The maximum absolute atomic E-state index is 12.7. The van der Waals surface area contributed by atoms with E-state index in [1.165, 1.54) is 0 Å². The summed E-state index contributed by atoms with van der Waals surface area (Å²) >= 11 is 5.96. The standard InChI is InChI=1S/C18H19ClN2O/c1-13-9-15(13)10-18(22)21(12-14-3-2-8-20-11-14)17-6-4-16(19)5-7-17/h2-8,11,13,15H,9-10,12H2,1H3. The molecule has 1 saturated carbocycles. The Balaban J connectivity index is 1.81. The van der Waals surface area contributed by atoms with Gasteiger partial charge in [0.05, 0.1) is 6.54 Å². The Morgan fingerprint density at radius 3 is 2.64 bits per heavy atom. The molecule has 1 aliphatic carbocycles. The fourth-order valence-electron chi connectivity index (χ4n) is 2.64. The third-order valence-corrected chi connectivity index (χ3v) is 4.47. The van der Waals surface area contributed by atoms with Gasteiger partial charge in [-0.05, 0) is 54.2 Å². The lowest BCUT2D eigenvalue weighted by Gasteiger charge is -2.23. The number of pyridine rings is 1. The van der Waals surface area contributed by atoms with Gasteiger partial charge in [-0.15, -0.1) is 0 Å². The highest BCUT2D eigenvalue weighted by molar-refractivity contribution is 6.30. The number of carbonyl (C=O) groups is 1. The average molecular weight is 315 g/mol. The predicted molar refractivity (Wildman–Crippen MR) is 88.8 cm³/mol. The molecule has 0 N–H and O–H groups in total. The minimum absolute atomic E-state index is 0.167. The highest BCUT2D eigenvalue weighted by Crippen LogP contribution is 2.41. The fraction of sp³-hybridized carbons (Fsp3) is 0.333. The van der Waals surface area contributed by atoms with E-state index in [0.29, 0.717) is 29.8 Å². The Labute approximate surface area is 135 Å². The van der Waals surface area contributed by atoms with E-state index in [-0.39, 0.29) is 5.91 Å². The molecule has 3 rings (SSSR count). The number of aromatic nitrogens is 1. The molecule has 4 heteroatoms. The molecule has 0 spiro atoms. The summed E-state index contributed by atoms with van der Waals surface area (Å²) in [5, 5.41) is 0.674. The van der Waals surface area contributed by atoms with Crippen molar-refractivity contribution >= 4 is 23.2 Å². The van der Waals surface area contributed by atoms with Crippen LogP contribution in [0.3, 0.4) is 0 Å². The fourth-order valence-corrected chi connectivity index (χ4v) is 2.76. The third-order valence-electron chi connectivity index (χ3n) is 4.22. The Morgan fingerprint density at radius 2 is 2.05 bits per heavy atom. The first-order valence-electron chi connectivity index (χ1n) is 7.58. The van der Waals surface area contributed by atoms with Gasteiger partial charge in [0, 0.05) is 29.5 Å². The van der Waals surface area contributed by atoms with Crippen LogP contribution < -0.4 is 4.90 Å². The van der Waals surface area contributed by atoms with Crippen LogP contribution in [0.15, 0.2) is 48.8 Å². The van der Waals surface area contributed by atoms with Gasteiger partial charge in [-0.2, -0.15) is 0 Å². The molecule has 0 bridgehead atoms. The van der Waals surface area contributed by atoms with E-state index < -0.39 is 0 Å². The Morgan fingerprint density at radius 1 is 1.32 bits per heavy atom. The van der Waals surface area contributed by atoms with E-state index in [9.17, 15) is 4.79 Å². The number of anilines is 1. The summed E-state index contributed by atoms with van der Waals surface area (Å²) in [5.41, 5.74) is 1.90. The van der Waals surface area contributed by atoms with Crippen molar-refractivity contribution in [1.29, 1.82) is 0 Å². The van der Waals surface area contributed by atoms with Gasteiger partial charge in [0.15, 0.2) is 0 Å². The molecule has 114 valence electrons. The molecule has 1 fully saturated rings. The lowest BCUT2D eigenvalue weighted by molar-refractivity contribution is -0.119. The summed E-state index contributed by atoms with van der Waals surface area (Å²) in [7, 11) is 0. The van der Waals surface area contributed by atoms with Gasteiger partial charge in [-0.25, -0.2) is 0 Å². The number of nitrogens with zero attached hydrogens (tertiary/aromatic N) is 2. The van der Waals surface area contributed by atoms with Gasteiger partial charge >= 0.3 is 0 Å². The Kier molecular flexibility index (Phi) is 4.44. The Hall–Kier alpha value is -1.87. The summed E-state index contributed by atoms with van der Waals surface area (Å²) in [6.07, 6.45) is 5.32. The summed E-state index contributed by atoms with van der Waals surface area (Å²) in [6.45, 7) is 2.74. The van der Waals surface area contributed by atoms with Crippen LogP contribution >= 0.6 is 11.6 Å². The van der Waals surface area contributed by atoms with Crippen molar-refractivity contribution in [2.24, 2.45) is 11.8 Å². The van der Waals surface area contributed by atoms with Crippen LogP contribution in [0.25, 0.3) is 0 Å². The van der Waals surface area contributed by atoms with E-state index >= 15 is 0 Å². The predicted octanol–water partition coefficient (Wildman–Crippen LogP) is 4.31. The maximum Gasteiger partial charge on any atom is 0.227 e. The molecular formula is C18H19ClN2O. The summed E-state index contributed by atoms with van der Waals surface area (Å²) in [6, 6.07) is 11.3. The third kappa shape index (κ3) is 3.66. The van der Waals surface area contributed by atoms with Crippen LogP contribution in [-0.4, -0.2) is 10.9 Å². The first kappa shape index (κ1) is 15.0. The molecule has 0 aliphatic heterocycles. The quantitative estimate of drug-likeness (QED) is 0.823. The zero-order valence-electron chi connectivity index (χ0n) is 12.6. The van der Waals surface area contributed by atoms with Crippen molar-refractivity contribution in [3.05, 3.63) is 59.4 Å². The topological polar surface area (TPSA) is 33.2 Å². The number of hydrogen-bond acceptors (Lipinski definition) is 2. The van der Waals surface area contributed by atoms with Crippen LogP contribution in [-0.2, 0) is 11.3 Å². The van der Waals surface area contributed by atoms with Crippen LogP contribution in [0.5, 0.6) is 0 Å². The second-order valence-corrected chi connectivity index (χ2v) is 6.43. The molecule has 3 nitrogen and oxygen atoms in total. The van der Waals surface area contributed by atoms with Crippen molar-refractivity contribution < 1.29 is 4.79 Å². The number of halogens is 1. The first-order valence-corrected chi connectivity index (χ1v) is 7.96. The number of hydrogen-bond donors (Lipinski definition) is 0. The number of carbonyl (C=O) groups excluding carboxylic acids is 1. The van der Waals surface area contributed by atoms with Crippen molar-refractivity contribution in [2.75, 3.05) is 4.90 Å². The van der Waals surface area contributed by atoms with E-state index in [4.69, 9.17) is 11.6 Å². The smallest absolute Gasteiger partial charge is 0.227 e. The summed E-state index contributed by atoms with van der Waals surface area (Å²) < 4.78 is 0. The maximum atomic E-state index is 12.7. The second kappa shape index (κ2) is 6.49. The number of rotatable bonds is 5. The zero-order valence-corrected chi connectivity index (χ0v) is 13.3. The minimum atomic E-state index is 0.167. The number of amides is 1. The van der Waals surface area contributed by atoms with Crippen molar-refractivity contribution in [2.45, 2.75) is 26.3 Å². The van der Waals surface area contributed by atoms with Crippen molar-refractivity contribution in [1.82, 2.24) is 4.98 Å². The molecule has 1 amide bonds. The Bertz CT molecular complexity index is 642. The van der Waals surface area contributed by atoms with Crippen LogP contribution in [0, 0.1) is 11.8 Å². The van der Waals surface area contributed by atoms with E-state index in [1.54, 1.807) is 12.4 Å². The molecule has 22 heavy (non-hydrogen) atoms. The molecule has 2 aromatic rings. The number of benzene rings is 1. The lowest BCUT2D eigenvalue weighted by atomic mass is 10.1. The van der Waals surface area contributed by atoms with Crippen LogP contribution in [0.2, 0.25) is 5.02 Å². The van der Waals surface area contributed by atoms with Gasteiger partial charge in [0.2, 0.25) is 5.91 Å². The van der Waals surface area contributed by atoms with Gasteiger partial charge in [-0.3, -0.25) is 9.78 Å². The van der Waals surface area contributed by atoms with Gasteiger partial charge < -0.3 is 4.90 Å². The highest BCUT2D eigenvalue weighted by atomic mass is 35.5. The van der Waals surface area contributed by atoms with Crippen LogP contribution in [0.1, 0.15) is 25.3 Å². The van der Waals surface area contributed by atoms with Crippen LogP contribution in [0.4, 0.5) is 5.69 Å². The second-order valence-electron chi connectivity index (χ2n) is 5.99. The normalized spacial score (nSPS) is 19.7.